The first-order chi connectivity index (χ1) is 14.1. The summed E-state index contributed by atoms with van der Waals surface area (Å²) < 4.78 is 35.4. The average Bonchev–Trinajstić information content (AvgIpc) is 2.72. The van der Waals surface area contributed by atoms with Crippen molar-refractivity contribution in [2.75, 3.05) is 33.1 Å². The Hall–Kier alpha value is -3.24. The number of anilines is 1. The van der Waals surface area contributed by atoms with Gasteiger partial charge in [0, 0.05) is 19.8 Å². The normalized spacial score (nSPS) is 11.1. The molecule has 1 N–H and O–H groups in total. The molecule has 0 heterocycles. The van der Waals surface area contributed by atoms with E-state index in [0.29, 0.717) is 5.56 Å². The van der Waals surface area contributed by atoms with E-state index in [2.05, 4.69) is 10.1 Å². The number of hydrogen-bond acceptors (Lipinski definition) is 7. The third-order valence-corrected chi connectivity index (χ3v) is 6.07. The minimum Gasteiger partial charge on any atom is -0.465 e. The maximum absolute atomic E-state index is 12.4. The molecular formula is C20H22N2O7S. The van der Waals surface area contributed by atoms with Crippen molar-refractivity contribution < 1.29 is 32.3 Å². The number of amides is 1. The Balaban J connectivity index is 2.09. The van der Waals surface area contributed by atoms with E-state index >= 15 is 0 Å². The lowest BCUT2D eigenvalue weighted by molar-refractivity contribution is -0.119. The smallest absolute Gasteiger partial charge is 0.339 e. The SMILES string of the molecule is COC(=O)c1ccccc1C(=O)OCC(=O)Nc1ccc(C)c(S(=O)(=O)N(C)C)c1. The van der Waals surface area contributed by atoms with Gasteiger partial charge in [0.25, 0.3) is 5.91 Å². The van der Waals surface area contributed by atoms with Gasteiger partial charge in [0.2, 0.25) is 10.0 Å². The number of esters is 2. The van der Waals surface area contributed by atoms with E-state index in [1.807, 2.05) is 0 Å². The maximum Gasteiger partial charge on any atom is 0.339 e. The molecule has 160 valence electrons. The van der Waals surface area contributed by atoms with Crippen molar-refractivity contribution in [2.45, 2.75) is 11.8 Å². The molecule has 30 heavy (non-hydrogen) atoms. The van der Waals surface area contributed by atoms with Gasteiger partial charge in [-0.1, -0.05) is 18.2 Å². The average molecular weight is 434 g/mol. The molecule has 0 unspecified atom stereocenters. The second kappa shape index (κ2) is 9.51. The fourth-order valence-corrected chi connectivity index (χ4v) is 3.65. The van der Waals surface area contributed by atoms with Gasteiger partial charge >= 0.3 is 11.9 Å². The molecule has 0 aromatic heterocycles. The van der Waals surface area contributed by atoms with Gasteiger partial charge in [0.1, 0.15) is 0 Å². The van der Waals surface area contributed by atoms with Crippen LogP contribution in [0.5, 0.6) is 0 Å². The van der Waals surface area contributed by atoms with E-state index in [4.69, 9.17) is 4.74 Å². The summed E-state index contributed by atoms with van der Waals surface area (Å²) >= 11 is 0. The van der Waals surface area contributed by atoms with E-state index in [1.54, 1.807) is 25.1 Å². The number of aryl methyl sites for hydroxylation is 1. The summed E-state index contributed by atoms with van der Waals surface area (Å²) in [6.07, 6.45) is 0. The van der Waals surface area contributed by atoms with Crippen LogP contribution in [0.15, 0.2) is 47.4 Å². The first-order valence-electron chi connectivity index (χ1n) is 8.75. The predicted molar refractivity (Wildman–Crippen MR) is 109 cm³/mol. The van der Waals surface area contributed by atoms with Crippen LogP contribution in [0, 0.1) is 6.92 Å². The molecule has 2 aromatic carbocycles. The summed E-state index contributed by atoms with van der Waals surface area (Å²) in [5.74, 6) is -2.25. The number of sulfonamides is 1. The monoisotopic (exact) mass is 434 g/mol. The molecule has 0 bridgehead atoms. The fraction of sp³-hybridized carbons (Fsp3) is 0.250. The maximum atomic E-state index is 12.4. The standard InChI is InChI=1S/C20H22N2O7S/c1-13-9-10-14(11-17(13)30(26,27)22(2)3)21-18(23)12-29-20(25)16-8-6-5-7-15(16)19(24)28-4/h5-11H,12H2,1-4H3,(H,21,23). The third kappa shape index (κ3) is 5.22. The Bertz CT molecular complexity index is 1080. The number of ether oxygens (including phenoxy) is 2. The third-order valence-electron chi connectivity index (χ3n) is 4.12. The van der Waals surface area contributed by atoms with Crippen LogP contribution in [0.2, 0.25) is 0 Å². The number of hydrogen-bond donors (Lipinski definition) is 1. The summed E-state index contributed by atoms with van der Waals surface area (Å²) in [6.45, 7) is 1.01. The van der Waals surface area contributed by atoms with Crippen molar-refractivity contribution >= 4 is 33.6 Å². The molecule has 10 heteroatoms. The van der Waals surface area contributed by atoms with Crippen molar-refractivity contribution in [3.05, 3.63) is 59.2 Å². The summed E-state index contributed by atoms with van der Waals surface area (Å²) in [7, 11) is 0.311. The quantitative estimate of drug-likeness (QED) is 0.660. The largest absolute Gasteiger partial charge is 0.465 e. The minimum atomic E-state index is -3.69. The van der Waals surface area contributed by atoms with E-state index < -0.39 is 34.5 Å². The number of nitrogens with one attached hydrogen (secondary N) is 1. The molecule has 0 aliphatic carbocycles. The highest BCUT2D eigenvalue weighted by Crippen LogP contribution is 2.22. The second-order valence-electron chi connectivity index (χ2n) is 6.43. The van der Waals surface area contributed by atoms with Gasteiger partial charge in [0.15, 0.2) is 6.61 Å². The zero-order valence-electron chi connectivity index (χ0n) is 17.0. The van der Waals surface area contributed by atoms with Crippen molar-refractivity contribution in [3.63, 3.8) is 0 Å². The molecule has 0 spiro atoms. The molecular weight excluding hydrogens is 412 g/mol. The van der Waals surface area contributed by atoms with Crippen molar-refractivity contribution in [1.29, 1.82) is 0 Å². The second-order valence-corrected chi connectivity index (χ2v) is 8.55. The first kappa shape index (κ1) is 23.0. The highest BCUT2D eigenvalue weighted by atomic mass is 32.2. The molecule has 0 radical (unpaired) electrons. The van der Waals surface area contributed by atoms with E-state index in [1.165, 1.54) is 45.5 Å². The molecule has 0 aliphatic heterocycles. The number of carbonyl (C=O) groups excluding carboxylic acids is 3. The molecule has 0 fully saturated rings. The Morgan fingerprint density at radius 3 is 2.17 bits per heavy atom. The Labute approximate surface area is 174 Å². The molecule has 0 saturated heterocycles. The number of carbonyl (C=O) groups is 3. The van der Waals surface area contributed by atoms with E-state index in [0.717, 1.165) is 4.31 Å². The Kier molecular flexibility index (Phi) is 7.30. The van der Waals surface area contributed by atoms with Crippen LogP contribution in [0.25, 0.3) is 0 Å². The fourth-order valence-electron chi connectivity index (χ4n) is 2.51. The zero-order chi connectivity index (χ0) is 22.5. The highest BCUT2D eigenvalue weighted by molar-refractivity contribution is 7.89. The molecule has 2 aromatic rings. The number of methoxy groups -OCH3 is 1. The molecule has 2 rings (SSSR count). The lowest BCUT2D eigenvalue weighted by atomic mass is 10.1. The van der Waals surface area contributed by atoms with Gasteiger partial charge in [-0.25, -0.2) is 22.3 Å². The van der Waals surface area contributed by atoms with Crippen molar-refractivity contribution in [2.24, 2.45) is 0 Å². The van der Waals surface area contributed by atoms with Crippen LogP contribution < -0.4 is 5.32 Å². The van der Waals surface area contributed by atoms with E-state index in [9.17, 15) is 22.8 Å². The van der Waals surface area contributed by atoms with Crippen molar-refractivity contribution in [3.8, 4) is 0 Å². The summed E-state index contributed by atoms with van der Waals surface area (Å²) in [4.78, 5) is 36.2. The summed E-state index contributed by atoms with van der Waals surface area (Å²) in [5, 5.41) is 2.49. The number of rotatable bonds is 7. The van der Waals surface area contributed by atoms with Gasteiger partial charge in [-0.3, -0.25) is 4.79 Å². The van der Waals surface area contributed by atoms with Crippen LogP contribution in [-0.2, 0) is 24.3 Å². The van der Waals surface area contributed by atoms with Crippen LogP contribution in [0.1, 0.15) is 26.3 Å². The lowest BCUT2D eigenvalue weighted by Crippen LogP contribution is -2.24. The minimum absolute atomic E-state index is 0.0162. The van der Waals surface area contributed by atoms with Gasteiger partial charge in [-0.05, 0) is 36.8 Å². The zero-order valence-corrected chi connectivity index (χ0v) is 17.8. The van der Waals surface area contributed by atoms with Crippen LogP contribution in [-0.4, -0.2) is 58.4 Å². The number of benzene rings is 2. The first-order valence-corrected chi connectivity index (χ1v) is 10.2. The van der Waals surface area contributed by atoms with Gasteiger partial charge in [0.05, 0.1) is 23.1 Å². The van der Waals surface area contributed by atoms with Gasteiger partial charge in [-0.15, -0.1) is 0 Å². The predicted octanol–water partition coefficient (Wildman–Crippen LogP) is 1.83. The summed E-state index contributed by atoms with van der Waals surface area (Å²) in [5.41, 5.74) is 0.735. The lowest BCUT2D eigenvalue weighted by Gasteiger charge is -2.15. The van der Waals surface area contributed by atoms with Crippen LogP contribution in [0.3, 0.4) is 0 Å². The van der Waals surface area contributed by atoms with Gasteiger partial charge in [-0.2, -0.15) is 0 Å². The van der Waals surface area contributed by atoms with Crippen LogP contribution >= 0.6 is 0 Å². The summed E-state index contributed by atoms with van der Waals surface area (Å²) in [6, 6.07) is 10.3. The molecule has 0 saturated carbocycles. The Morgan fingerprint density at radius 1 is 1.00 bits per heavy atom. The highest BCUT2D eigenvalue weighted by Gasteiger charge is 2.21. The van der Waals surface area contributed by atoms with Crippen LogP contribution in [0.4, 0.5) is 5.69 Å². The number of nitrogens with zero attached hydrogens (tertiary/aromatic N) is 1. The van der Waals surface area contributed by atoms with Crippen molar-refractivity contribution in [1.82, 2.24) is 4.31 Å². The molecule has 9 nitrogen and oxygen atoms in total. The topological polar surface area (TPSA) is 119 Å². The molecule has 1 amide bonds. The Morgan fingerprint density at radius 2 is 1.60 bits per heavy atom. The molecule has 0 aliphatic rings. The van der Waals surface area contributed by atoms with E-state index in [-0.39, 0.29) is 21.7 Å². The molecule has 0 atom stereocenters. The van der Waals surface area contributed by atoms with Gasteiger partial charge < -0.3 is 14.8 Å².